The molecular formula is C15H25N3O2. The molecule has 1 aromatic heterocycles. The molecule has 0 aliphatic carbocycles. The van der Waals surface area contributed by atoms with E-state index in [4.69, 9.17) is 4.74 Å². The quantitative estimate of drug-likeness (QED) is 0.794. The minimum atomic E-state index is -0.0856. The Morgan fingerprint density at radius 2 is 2.20 bits per heavy atom. The van der Waals surface area contributed by atoms with Gasteiger partial charge in [-0.2, -0.15) is 0 Å². The van der Waals surface area contributed by atoms with Crippen LogP contribution in [0, 0.1) is 0 Å². The summed E-state index contributed by atoms with van der Waals surface area (Å²) in [5.41, 5.74) is 0.457. The molecule has 20 heavy (non-hydrogen) atoms. The molecule has 5 nitrogen and oxygen atoms in total. The topological polar surface area (TPSA) is 54.5 Å². The number of nitrogens with one attached hydrogen (secondary N) is 1. The zero-order valence-electron chi connectivity index (χ0n) is 12.8. The number of aromatic nitrogens is 1. The van der Waals surface area contributed by atoms with Gasteiger partial charge in [-0.15, -0.1) is 0 Å². The van der Waals surface area contributed by atoms with E-state index >= 15 is 0 Å². The van der Waals surface area contributed by atoms with E-state index in [1.807, 2.05) is 26.0 Å². The van der Waals surface area contributed by atoms with Crippen molar-refractivity contribution in [3.63, 3.8) is 0 Å². The van der Waals surface area contributed by atoms with Crippen LogP contribution >= 0.6 is 0 Å². The van der Waals surface area contributed by atoms with Crippen molar-refractivity contribution in [2.75, 3.05) is 32.1 Å². The Balaban J connectivity index is 2.57. The van der Waals surface area contributed by atoms with Crippen molar-refractivity contribution in [2.45, 2.75) is 33.3 Å². The molecule has 0 unspecified atom stereocenters. The van der Waals surface area contributed by atoms with E-state index in [0.717, 1.165) is 18.8 Å². The largest absolute Gasteiger partial charge is 0.377 e. The molecule has 1 amide bonds. The normalized spacial score (nSPS) is 10.7. The Morgan fingerprint density at radius 3 is 2.85 bits per heavy atom. The van der Waals surface area contributed by atoms with Crippen molar-refractivity contribution in [1.82, 2.24) is 9.88 Å². The van der Waals surface area contributed by atoms with Crippen molar-refractivity contribution in [2.24, 2.45) is 0 Å². The van der Waals surface area contributed by atoms with Crippen molar-refractivity contribution in [3.8, 4) is 0 Å². The van der Waals surface area contributed by atoms with Crippen molar-refractivity contribution in [1.29, 1.82) is 0 Å². The van der Waals surface area contributed by atoms with Gasteiger partial charge in [-0.05, 0) is 32.4 Å². The smallest absolute Gasteiger partial charge is 0.272 e. The Labute approximate surface area is 121 Å². The molecule has 1 aromatic rings. The molecule has 112 valence electrons. The first-order valence-electron chi connectivity index (χ1n) is 7.12. The molecular weight excluding hydrogens is 254 g/mol. The van der Waals surface area contributed by atoms with E-state index in [1.54, 1.807) is 18.0 Å². The predicted octanol–water partition coefficient (Wildman–Crippen LogP) is 2.40. The molecule has 1 rings (SSSR count). The average molecular weight is 279 g/mol. The first-order valence-corrected chi connectivity index (χ1v) is 7.12. The highest BCUT2D eigenvalue weighted by Crippen LogP contribution is 2.07. The first kappa shape index (κ1) is 16.4. The Morgan fingerprint density at radius 1 is 1.45 bits per heavy atom. The summed E-state index contributed by atoms with van der Waals surface area (Å²) in [7, 11) is 1.76. The molecule has 0 aromatic carbocycles. The Hall–Kier alpha value is -1.62. The number of likely N-dealkylation sites (N-methyl/N-ethyl adjacent to an activating group) is 1. The molecule has 0 saturated heterocycles. The fourth-order valence-electron chi connectivity index (χ4n) is 1.63. The molecule has 1 heterocycles. The van der Waals surface area contributed by atoms with Gasteiger partial charge in [0.15, 0.2) is 0 Å². The van der Waals surface area contributed by atoms with Crippen LogP contribution in [-0.4, -0.2) is 48.6 Å². The lowest BCUT2D eigenvalue weighted by molar-refractivity contribution is 0.0529. The Bertz CT molecular complexity index is 421. The van der Waals surface area contributed by atoms with Gasteiger partial charge >= 0.3 is 0 Å². The highest BCUT2D eigenvalue weighted by atomic mass is 16.5. The molecule has 0 bridgehead atoms. The van der Waals surface area contributed by atoms with Crippen molar-refractivity contribution in [3.05, 3.63) is 23.9 Å². The minimum Gasteiger partial charge on any atom is -0.377 e. The van der Waals surface area contributed by atoms with Gasteiger partial charge in [-0.25, -0.2) is 4.98 Å². The number of hydrogen-bond donors (Lipinski definition) is 1. The molecule has 0 spiro atoms. The number of carbonyl (C=O) groups is 1. The first-order chi connectivity index (χ1) is 9.54. The number of ether oxygens (including phenoxy) is 1. The third kappa shape index (κ3) is 5.57. The van der Waals surface area contributed by atoms with Crippen molar-refractivity contribution >= 4 is 11.7 Å². The lowest BCUT2D eigenvalue weighted by Gasteiger charge is -2.18. The molecule has 0 atom stereocenters. The third-order valence-corrected chi connectivity index (χ3v) is 2.75. The fraction of sp³-hybridized carbons (Fsp3) is 0.600. The van der Waals surface area contributed by atoms with Crippen LogP contribution in [0.4, 0.5) is 5.82 Å². The number of rotatable bonds is 8. The zero-order chi connectivity index (χ0) is 15.0. The van der Waals surface area contributed by atoms with Crippen LogP contribution in [-0.2, 0) is 4.74 Å². The molecule has 5 heteroatoms. The average Bonchev–Trinajstić information content (AvgIpc) is 2.44. The maximum atomic E-state index is 12.2. The second-order valence-electron chi connectivity index (χ2n) is 4.98. The number of nitrogens with zero attached hydrogens (tertiary/aromatic N) is 2. The van der Waals surface area contributed by atoms with Gasteiger partial charge in [0.2, 0.25) is 0 Å². The van der Waals surface area contributed by atoms with Gasteiger partial charge in [0, 0.05) is 20.1 Å². The van der Waals surface area contributed by atoms with E-state index < -0.39 is 0 Å². The molecule has 0 aliphatic heterocycles. The summed E-state index contributed by atoms with van der Waals surface area (Å²) in [5.74, 6) is 0.655. The van der Waals surface area contributed by atoms with E-state index in [2.05, 4.69) is 17.2 Å². The standard InChI is InChI=1S/C15H25N3O2/c1-5-9-16-14-8-6-7-13(17-14)15(19)18(4)10-11-20-12(2)3/h6-8,12H,5,9-11H2,1-4H3,(H,16,17). The number of amides is 1. The van der Waals surface area contributed by atoms with E-state index in [1.165, 1.54) is 0 Å². The SMILES string of the molecule is CCCNc1cccc(C(=O)N(C)CCOC(C)C)n1. The van der Waals surface area contributed by atoms with Crippen LogP contribution in [0.25, 0.3) is 0 Å². The van der Waals surface area contributed by atoms with Crippen LogP contribution in [0.3, 0.4) is 0 Å². The van der Waals surface area contributed by atoms with Gasteiger partial charge < -0.3 is 15.0 Å². The second-order valence-corrected chi connectivity index (χ2v) is 4.98. The summed E-state index contributed by atoms with van der Waals surface area (Å²) in [6.45, 7) is 7.99. The van der Waals surface area contributed by atoms with Gasteiger partial charge in [0.25, 0.3) is 5.91 Å². The molecule has 0 radical (unpaired) electrons. The zero-order valence-corrected chi connectivity index (χ0v) is 12.8. The van der Waals surface area contributed by atoms with Crippen LogP contribution < -0.4 is 5.32 Å². The number of hydrogen-bond acceptors (Lipinski definition) is 4. The summed E-state index contributed by atoms with van der Waals surface area (Å²) in [4.78, 5) is 18.2. The lowest BCUT2D eigenvalue weighted by atomic mass is 10.3. The van der Waals surface area contributed by atoms with Crippen LogP contribution in [0.15, 0.2) is 18.2 Å². The van der Waals surface area contributed by atoms with Gasteiger partial charge in [-0.1, -0.05) is 13.0 Å². The maximum Gasteiger partial charge on any atom is 0.272 e. The molecule has 0 saturated carbocycles. The van der Waals surface area contributed by atoms with Crippen molar-refractivity contribution < 1.29 is 9.53 Å². The molecule has 1 N–H and O–H groups in total. The van der Waals surface area contributed by atoms with Crippen LogP contribution in [0.2, 0.25) is 0 Å². The summed E-state index contributed by atoms with van der Waals surface area (Å²) >= 11 is 0. The summed E-state index contributed by atoms with van der Waals surface area (Å²) in [6, 6.07) is 5.45. The fourth-order valence-corrected chi connectivity index (χ4v) is 1.63. The highest BCUT2D eigenvalue weighted by Gasteiger charge is 2.13. The summed E-state index contributed by atoms with van der Waals surface area (Å²) < 4.78 is 5.45. The second kappa shape index (κ2) is 8.53. The van der Waals surface area contributed by atoms with Gasteiger partial charge in [-0.3, -0.25) is 4.79 Å². The number of anilines is 1. The number of carbonyl (C=O) groups excluding carboxylic acids is 1. The predicted molar refractivity (Wildman–Crippen MR) is 81.1 cm³/mol. The van der Waals surface area contributed by atoms with E-state index in [0.29, 0.717) is 18.8 Å². The van der Waals surface area contributed by atoms with Crippen LogP contribution in [0.1, 0.15) is 37.7 Å². The van der Waals surface area contributed by atoms with E-state index in [-0.39, 0.29) is 12.0 Å². The highest BCUT2D eigenvalue weighted by molar-refractivity contribution is 5.92. The number of pyridine rings is 1. The van der Waals surface area contributed by atoms with Gasteiger partial charge in [0.05, 0.1) is 12.7 Å². The molecule has 0 aliphatic rings. The minimum absolute atomic E-state index is 0.0856. The maximum absolute atomic E-state index is 12.2. The monoisotopic (exact) mass is 279 g/mol. The Kier molecular flexibility index (Phi) is 7.01. The summed E-state index contributed by atoms with van der Waals surface area (Å²) in [6.07, 6.45) is 1.20. The lowest BCUT2D eigenvalue weighted by Crippen LogP contribution is -2.31. The van der Waals surface area contributed by atoms with Crippen LogP contribution in [0.5, 0.6) is 0 Å². The van der Waals surface area contributed by atoms with E-state index in [9.17, 15) is 4.79 Å². The third-order valence-electron chi connectivity index (χ3n) is 2.75. The van der Waals surface area contributed by atoms with Gasteiger partial charge in [0.1, 0.15) is 11.5 Å². The molecule has 0 fully saturated rings. The summed E-state index contributed by atoms with van der Waals surface area (Å²) in [5, 5.41) is 3.18.